The van der Waals surface area contributed by atoms with Crippen LogP contribution in [0.3, 0.4) is 0 Å². The molecule has 2 heterocycles. The number of carboxylic acid groups (broad SMARTS) is 2. The number of rotatable bonds is 20. The number of carbonyl (C=O) groups is 2. The Kier molecular flexibility index (Phi) is 16.3. The first-order valence-corrected chi connectivity index (χ1v) is 22.2. The average Bonchev–Trinajstić information content (AvgIpc) is 3.65. The summed E-state index contributed by atoms with van der Waals surface area (Å²) in [4.78, 5) is 25.5. The molecule has 67 heavy (non-hydrogen) atoms. The zero-order chi connectivity index (χ0) is 48.7. The molecule has 0 spiro atoms. The molecular weight excluding hydrogens is 896 g/mol. The van der Waals surface area contributed by atoms with Gasteiger partial charge in [0.05, 0.1) is 30.3 Å². The van der Waals surface area contributed by atoms with Gasteiger partial charge in [0, 0.05) is 43.5 Å². The van der Waals surface area contributed by atoms with Crippen molar-refractivity contribution in [2.75, 3.05) is 39.4 Å². The number of hydrogen-bond donors (Lipinski definition) is 2. The minimum absolute atomic E-state index is 0.0315. The molecule has 0 radical (unpaired) electrons. The first-order chi connectivity index (χ1) is 31.5. The SMILES string of the molecule is CC(C(F)c1ccc(C(F)(F)F)cc1CN1CCC(COc2cccc(CCC(=O)O)c2)CC1)C(F)(F)c1ccc(C(F)(F)F)cc1CN1CCC(C)(COc2cccc(CCC(=O)O)c2)C1. The highest BCUT2D eigenvalue weighted by Gasteiger charge is 2.47. The lowest BCUT2D eigenvalue weighted by molar-refractivity contribution is -0.138. The Balaban J connectivity index is 1.15. The van der Waals surface area contributed by atoms with Crippen LogP contribution in [0.2, 0.25) is 0 Å². The second-order valence-corrected chi connectivity index (χ2v) is 18.3. The Hall–Kier alpha value is -5.29. The van der Waals surface area contributed by atoms with Gasteiger partial charge in [0.2, 0.25) is 0 Å². The summed E-state index contributed by atoms with van der Waals surface area (Å²) in [5.41, 5.74) is -2.91. The summed E-state index contributed by atoms with van der Waals surface area (Å²) in [6.45, 7) is 4.17. The van der Waals surface area contributed by atoms with E-state index in [1.807, 2.05) is 11.8 Å². The van der Waals surface area contributed by atoms with Crippen molar-refractivity contribution in [1.29, 1.82) is 0 Å². The molecular formula is C50H55F9N2O6. The minimum atomic E-state index is -4.88. The third-order valence-corrected chi connectivity index (χ3v) is 12.8. The topological polar surface area (TPSA) is 99.5 Å². The molecule has 17 heteroatoms. The normalized spacial score (nSPS) is 18.7. The second kappa shape index (κ2) is 21.3. The fourth-order valence-electron chi connectivity index (χ4n) is 8.84. The van der Waals surface area contributed by atoms with Crippen molar-refractivity contribution in [3.63, 3.8) is 0 Å². The summed E-state index contributed by atoms with van der Waals surface area (Å²) in [5, 5.41) is 18.0. The van der Waals surface area contributed by atoms with Crippen molar-refractivity contribution in [3.05, 3.63) is 129 Å². The molecule has 0 aromatic heterocycles. The zero-order valence-electron chi connectivity index (χ0n) is 37.2. The molecule has 0 amide bonds. The molecule has 2 N–H and O–H groups in total. The average molecular weight is 951 g/mol. The van der Waals surface area contributed by atoms with Crippen LogP contribution in [-0.2, 0) is 53.8 Å². The molecule has 2 aliphatic rings. The van der Waals surface area contributed by atoms with E-state index in [0.29, 0.717) is 94.1 Å². The van der Waals surface area contributed by atoms with Gasteiger partial charge in [-0.05, 0) is 134 Å². The van der Waals surface area contributed by atoms with Crippen LogP contribution in [-0.4, -0.2) is 71.3 Å². The summed E-state index contributed by atoms with van der Waals surface area (Å²) in [7, 11) is 0. The quantitative estimate of drug-likeness (QED) is 0.0845. The number of hydrogen-bond acceptors (Lipinski definition) is 6. The van der Waals surface area contributed by atoms with Gasteiger partial charge in [-0.3, -0.25) is 19.4 Å². The van der Waals surface area contributed by atoms with Crippen molar-refractivity contribution in [1.82, 2.24) is 9.80 Å². The minimum Gasteiger partial charge on any atom is -0.493 e. The van der Waals surface area contributed by atoms with Crippen LogP contribution in [0, 0.1) is 17.3 Å². The molecule has 0 aliphatic carbocycles. The number of piperidine rings is 1. The van der Waals surface area contributed by atoms with Gasteiger partial charge in [-0.2, -0.15) is 26.3 Å². The largest absolute Gasteiger partial charge is 0.493 e. The molecule has 8 nitrogen and oxygen atoms in total. The summed E-state index contributed by atoms with van der Waals surface area (Å²) < 4.78 is 147. The standard InChI is InChI=1S/C50H55F9N2O6/c1-32(46(51)42-13-11-38(49(54,55)56)25-36(42)27-60-20-17-35(18-21-60)29-66-40-7-3-5-33(23-40)9-15-44(62)63)48(52,53)43-14-12-39(50(57,58)59)26-37(43)28-61-22-19-47(2,30-61)31-67-41-8-4-6-34(24-41)10-16-45(64)65/h3-8,11-14,23-26,32,35,46H,9-10,15-22,27-31H2,1-2H3,(H,62,63)(H,64,65). The number of aryl methyl sites for hydroxylation is 2. The fraction of sp³-hybridized carbons (Fsp3) is 0.480. The highest BCUT2D eigenvalue weighted by Crippen LogP contribution is 2.48. The lowest BCUT2D eigenvalue weighted by atomic mass is 9.84. The lowest BCUT2D eigenvalue weighted by Gasteiger charge is -2.34. The van der Waals surface area contributed by atoms with Crippen molar-refractivity contribution >= 4 is 11.9 Å². The van der Waals surface area contributed by atoms with Crippen LogP contribution in [0.25, 0.3) is 0 Å². The zero-order valence-corrected chi connectivity index (χ0v) is 37.2. The van der Waals surface area contributed by atoms with E-state index in [1.54, 1.807) is 53.4 Å². The van der Waals surface area contributed by atoms with E-state index in [2.05, 4.69) is 0 Å². The molecule has 0 bridgehead atoms. The van der Waals surface area contributed by atoms with E-state index in [-0.39, 0.29) is 61.7 Å². The summed E-state index contributed by atoms with van der Waals surface area (Å²) in [5.74, 6) is -7.03. The monoisotopic (exact) mass is 950 g/mol. The van der Waals surface area contributed by atoms with Gasteiger partial charge in [-0.15, -0.1) is 0 Å². The molecule has 364 valence electrons. The van der Waals surface area contributed by atoms with Gasteiger partial charge in [0.25, 0.3) is 5.92 Å². The van der Waals surface area contributed by atoms with Crippen LogP contribution in [0.4, 0.5) is 39.5 Å². The van der Waals surface area contributed by atoms with Gasteiger partial charge in [-0.1, -0.05) is 50.2 Å². The molecule has 2 fully saturated rings. The number of carboxylic acids is 2. The number of likely N-dealkylation sites (tertiary alicyclic amines) is 2. The van der Waals surface area contributed by atoms with Crippen molar-refractivity contribution in [3.8, 4) is 11.5 Å². The molecule has 6 rings (SSSR count). The van der Waals surface area contributed by atoms with E-state index < -0.39 is 64.4 Å². The van der Waals surface area contributed by atoms with E-state index in [9.17, 15) is 35.9 Å². The predicted octanol–water partition coefficient (Wildman–Crippen LogP) is 11.8. The first kappa shape index (κ1) is 51.1. The maximum absolute atomic E-state index is 16.8. The maximum atomic E-state index is 16.8. The predicted molar refractivity (Wildman–Crippen MR) is 232 cm³/mol. The molecule has 4 aromatic carbocycles. The third kappa shape index (κ3) is 13.9. The van der Waals surface area contributed by atoms with Gasteiger partial charge in [0.1, 0.15) is 17.7 Å². The molecule has 3 unspecified atom stereocenters. The summed E-state index contributed by atoms with van der Waals surface area (Å²) in [6.07, 6.45) is -10.0. The molecule has 3 atom stereocenters. The van der Waals surface area contributed by atoms with E-state index >= 15 is 13.2 Å². The molecule has 2 saturated heterocycles. The number of benzene rings is 4. The Labute approximate surface area is 383 Å². The molecule has 4 aromatic rings. The Morgan fingerprint density at radius 2 is 1.25 bits per heavy atom. The van der Waals surface area contributed by atoms with Crippen LogP contribution in [0.5, 0.6) is 11.5 Å². The van der Waals surface area contributed by atoms with Gasteiger partial charge in [-0.25, -0.2) is 13.2 Å². The van der Waals surface area contributed by atoms with Crippen LogP contribution in [0.1, 0.15) is 96.6 Å². The second-order valence-electron chi connectivity index (χ2n) is 18.3. The number of nitrogens with zero attached hydrogens (tertiary/aromatic N) is 2. The van der Waals surface area contributed by atoms with E-state index in [0.717, 1.165) is 30.2 Å². The summed E-state index contributed by atoms with van der Waals surface area (Å²) in [6, 6.07) is 18.1. The van der Waals surface area contributed by atoms with E-state index in [1.165, 1.54) is 0 Å². The molecule has 2 aliphatic heterocycles. The van der Waals surface area contributed by atoms with Crippen LogP contribution in [0.15, 0.2) is 84.9 Å². The highest BCUT2D eigenvalue weighted by molar-refractivity contribution is 5.67. The number of alkyl halides is 9. The first-order valence-electron chi connectivity index (χ1n) is 22.2. The summed E-state index contributed by atoms with van der Waals surface area (Å²) >= 11 is 0. The maximum Gasteiger partial charge on any atom is 0.416 e. The van der Waals surface area contributed by atoms with Crippen LogP contribution >= 0.6 is 0 Å². The van der Waals surface area contributed by atoms with Crippen molar-refractivity contribution < 1.29 is 68.8 Å². The van der Waals surface area contributed by atoms with Crippen molar-refractivity contribution in [2.24, 2.45) is 17.3 Å². The Bertz CT molecular complexity index is 2330. The fourth-order valence-corrected chi connectivity index (χ4v) is 8.84. The van der Waals surface area contributed by atoms with Gasteiger partial charge in [0.15, 0.2) is 0 Å². The van der Waals surface area contributed by atoms with Gasteiger partial charge < -0.3 is 19.7 Å². The third-order valence-electron chi connectivity index (χ3n) is 12.8. The Morgan fingerprint density at radius 1 is 0.716 bits per heavy atom. The lowest BCUT2D eigenvalue weighted by Crippen LogP contribution is -2.36. The number of ether oxygens (including phenoxy) is 2. The smallest absolute Gasteiger partial charge is 0.416 e. The number of halogens is 9. The number of aliphatic carboxylic acids is 2. The van der Waals surface area contributed by atoms with Gasteiger partial charge >= 0.3 is 24.3 Å². The van der Waals surface area contributed by atoms with Crippen molar-refractivity contribution in [2.45, 2.75) is 96.3 Å². The van der Waals surface area contributed by atoms with Crippen LogP contribution < -0.4 is 9.47 Å². The molecule has 0 saturated carbocycles. The van der Waals surface area contributed by atoms with E-state index in [4.69, 9.17) is 19.7 Å². The Morgan fingerprint density at radius 3 is 1.82 bits per heavy atom. The highest BCUT2D eigenvalue weighted by atomic mass is 19.4.